The summed E-state index contributed by atoms with van der Waals surface area (Å²) in [6.07, 6.45) is -0.712. The molecule has 5 atom stereocenters. The Balaban J connectivity index is 1.57. The molecule has 1 aliphatic carbocycles. The Morgan fingerprint density at radius 1 is 1.34 bits per heavy atom. The van der Waals surface area contributed by atoms with Crippen molar-refractivity contribution in [2.24, 2.45) is 11.7 Å². The van der Waals surface area contributed by atoms with Gasteiger partial charge in [0.1, 0.15) is 12.8 Å². The lowest BCUT2D eigenvalue weighted by Crippen LogP contribution is -2.55. The Hall–Kier alpha value is -2.92. The van der Waals surface area contributed by atoms with Crippen LogP contribution in [0.1, 0.15) is 6.92 Å². The van der Waals surface area contributed by atoms with E-state index in [1.807, 2.05) is 4.90 Å². The molecular weight excluding hydrogens is 382 g/mol. The average Bonchev–Trinajstić information content (AvgIpc) is 3.56. The lowest BCUT2D eigenvalue weighted by molar-refractivity contribution is -0.137. The molecule has 29 heavy (non-hydrogen) atoms. The number of carbonyl (C=O) groups is 4. The van der Waals surface area contributed by atoms with E-state index in [1.165, 1.54) is 7.11 Å². The molecule has 0 saturated carbocycles. The molecule has 3 saturated heterocycles. The molecule has 4 N–H and O–H groups in total. The van der Waals surface area contributed by atoms with Crippen LogP contribution in [0.4, 0.5) is 4.79 Å². The summed E-state index contributed by atoms with van der Waals surface area (Å²) in [6, 6.07) is 0.0525. The molecule has 0 radical (unpaired) electrons. The van der Waals surface area contributed by atoms with E-state index in [0.29, 0.717) is 30.8 Å². The van der Waals surface area contributed by atoms with Crippen LogP contribution in [0, 0.1) is 5.92 Å². The zero-order valence-electron chi connectivity index (χ0n) is 15.9. The molecule has 3 fully saturated rings. The van der Waals surface area contributed by atoms with Gasteiger partial charge in [0.25, 0.3) is 0 Å². The summed E-state index contributed by atoms with van der Waals surface area (Å²) in [5.74, 6) is -1.24. The zero-order valence-corrected chi connectivity index (χ0v) is 15.9. The quantitative estimate of drug-likeness (QED) is 0.254. The second-order valence-electron chi connectivity index (χ2n) is 7.85. The molecule has 0 spiro atoms. The summed E-state index contributed by atoms with van der Waals surface area (Å²) in [5.41, 5.74) is 5.37. The monoisotopic (exact) mass is 403 g/mol. The van der Waals surface area contributed by atoms with Crippen LogP contribution in [-0.4, -0.2) is 84.7 Å². The van der Waals surface area contributed by atoms with Crippen molar-refractivity contribution in [2.45, 2.75) is 30.9 Å². The molecule has 11 nitrogen and oxygen atoms in total. The first-order chi connectivity index (χ1) is 13.9. The van der Waals surface area contributed by atoms with Gasteiger partial charge in [0.15, 0.2) is 5.72 Å². The number of ether oxygens (including phenoxy) is 2. The first-order valence-corrected chi connectivity index (χ1v) is 9.38. The molecule has 5 unspecified atom stereocenters. The molecular formula is C18H21N5O6. The van der Waals surface area contributed by atoms with E-state index < -0.39 is 17.7 Å². The fourth-order valence-corrected chi connectivity index (χ4v) is 5.23. The largest absolute Gasteiger partial charge is 0.449 e. The van der Waals surface area contributed by atoms with Crippen molar-refractivity contribution < 1.29 is 28.7 Å². The SMILES string of the molecule is COC12C(COC(N)=O)C3=C(C(=O)C(C)=C(N4CC4NC=O)C3=O)N1CC1NC12. The number of hydrogen-bond donors (Lipinski definition) is 3. The van der Waals surface area contributed by atoms with E-state index in [0.717, 1.165) is 0 Å². The van der Waals surface area contributed by atoms with Gasteiger partial charge in [-0.2, -0.15) is 0 Å². The number of hydrogen-bond acceptors (Lipinski definition) is 9. The van der Waals surface area contributed by atoms with Crippen LogP contribution in [0.5, 0.6) is 0 Å². The number of carbonyl (C=O) groups excluding carboxylic acids is 4. The topological polar surface area (TPSA) is 153 Å². The van der Waals surface area contributed by atoms with E-state index >= 15 is 0 Å². The molecule has 2 amide bonds. The number of methoxy groups -OCH3 is 1. The molecule has 0 aromatic heterocycles. The first kappa shape index (κ1) is 18.1. The zero-order chi connectivity index (χ0) is 20.7. The second-order valence-corrected chi connectivity index (χ2v) is 7.85. The number of piperazine rings is 1. The maximum atomic E-state index is 13.6. The summed E-state index contributed by atoms with van der Waals surface area (Å²) in [4.78, 5) is 52.4. The number of Topliss-reactive ketones (excluding diaryl/α,β-unsaturated/α-hetero) is 2. The van der Waals surface area contributed by atoms with E-state index in [2.05, 4.69) is 10.6 Å². The van der Waals surface area contributed by atoms with Crippen LogP contribution in [-0.2, 0) is 23.9 Å². The third-order valence-electron chi connectivity index (χ3n) is 6.56. The smallest absolute Gasteiger partial charge is 0.404 e. The summed E-state index contributed by atoms with van der Waals surface area (Å²) < 4.78 is 11.0. The van der Waals surface area contributed by atoms with Crippen LogP contribution < -0.4 is 16.4 Å². The number of rotatable bonds is 6. The molecule has 4 heterocycles. The van der Waals surface area contributed by atoms with Crippen LogP contribution >= 0.6 is 0 Å². The number of nitrogens with zero attached hydrogens (tertiary/aromatic N) is 2. The van der Waals surface area contributed by atoms with Crippen LogP contribution in [0.3, 0.4) is 0 Å². The minimum Gasteiger partial charge on any atom is -0.449 e. The van der Waals surface area contributed by atoms with Crippen molar-refractivity contribution in [2.75, 3.05) is 26.8 Å². The van der Waals surface area contributed by atoms with Gasteiger partial charge in [0.2, 0.25) is 18.0 Å². The number of ketones is 2. The normalized spacial score (nSPS) is 36.8. The number of amides is 2. The highest BCUT2D eigenvalue weighted by molar-refractivity contribution is 6.25. The molecule has 4 aliphatic heterocycles. The lowest BCUT2D eigenvalue weighted by atomic mass is 9.82. The van der Waals surface area contributed by atoms with Crippen molar-refractivity contribution in [3.05, 3.63) is 22.5 Å². The Kier molecular flexibility index (Phi) is 3.63. The predicted molar refractivity (Wildman–Crippen MR) is 95.6 cm³/mol. The fraction of sp³-hybridized carbons (Fsp3) is 0.556. The third-order valence-corrected chi connectivity index (χ3v) is 6.56. The van der Waals surface area contributed by atoms with E-state index in [-0.39, 0.29) is 47.7 Å². The fourth-order valence-electron chi connectivity index (χ4n) is 5.23. The summed E-state index contributed by atoms with van der Waals surface area (Å²) in [5, 5.41) is 5.92. The number of allylic oxidation sites excluding steroid dienone is 2. The molecule has 11 heteroatoms. The Morgan fingerprint density at radius 3 is 2.76 bits per heavy atom. The highest BCUT2D eigenvalue weighted by Crippen LogP contribution is 2.56. The van der Waals surface area contributed by atoms with Gasteiger partial charge >= 0.3 is 6.09 Å². The van der Waals surface area contributed by atoms with Gasteiger partial charge in [-0.05, 0) is 6.92 Å². The number of nitrogens with two attached hydrogens (primary N) is 1. The molecule has 154 valence electrons. The van der Waals surface area contributed by atoms with Gasteiger partial charge in [-0.15, -0.1) is 0 Å². The second kappa shape index (κ2) is 5.80. The molecule has 0 aromatic rings. The van der Waals surface area contributed by atoms with Crippen molar-refractivity contribution >= 4 is 24.1 Å². The molecule has 5 aliphatic rings. The van der Waals surface area contributed by atoms with E-state index in [4.69, 9.17) is 15.2 Å². The van der Waals surface area contributed by atoms with E-state index in [9.17, 15) is 19.2 Å². The molecule has 5 rings (SSSR count). The molecule has 0 aromatic carbocycles. The predicted octanol–water partition coefficient (Wildman–Crippen LogP) is -2.22. The Morgan fingerprint density at radius 2 is 2.10 bits per heavy atom. The van der Waals surface area contributed by atoms with Gasteiger partial charge < -0.3 is 35.6 Å². The van der Waals surface area contributed by atoms with E-state index in [1.54, 1.807) is 11.8 Å². The van der Waals surface area contributed by atoms with Crippen LogP contribution in [0.2, 0.25) is 0 Å². The average molecular weight is 403 g/mol. The number of primary amides is 1. The van der Waals surface area contributed by atoms with Gasteiger partial charge in [-0.25, -0.2) is 4.79 Å². The van der Waals surface area contributed by atoms with Crippen LogP contribution in [0.15, 0.2) is 22.5 Å². The summed E-state index contributed by atoms with van der Waals surface area (Å²) >= 11 is 0. The minimum absolute atomic E-state index is 0.0883. The number of fused-ring (bicyclic) bond motifs is 4. The van der Waals surface area contributed by atoms with Gasteiger partial charge in [0, 0.05) is 30.8 Å². The first-order valence-electron chi connectivity index (χ1n) is 9.38. The third kappa shape index (κ3) is 2.19. The van der Waals surface area contributed by atoms with Gasteiger partial charge in [0.05, 0.1) is 29.9 Å². The summed E-state index contributed by atoms with van der Waals surface area (Å²) in [6.45, 7) is 2.41. The Labute approximate surface area is 165 Å². The van der Waals surface area contributed by atoms with Crippen molar-refractivity contribution in [3.63, 3.8) is 0 Å². The highest BCUT2D eigenvalue weighted by Gasteiger charge is 2.73. The van der Waals surface area contributed by atoms with Gasteiger partial charge in [-0.1, -0.05) is 0 Å². The Bertz CT molecular complexity index is 928. The van der Waals surface area contributed by atoms with Crippen molar-refractivity contribution in [1.82, 2.24) is 20.4 Å². The molecule has 0 bridgehead atoms. The highest BCUT2D eigenvalue weighted by atomic mass is 16.6. The van der Waals surface area contributed by atoms with Gasteiger partial charge in [-0.3, -0.25) is 14.4 Å². The van der Waals surface area contributed by atoms with Crippen molar-refractivity contribution in [1.29, 1.82) is 0 Å². The summed E-state index contributed by atoms with van der Waals surface area (Å²) in [7, 11) is 1.52. The van der Waals surface area contributed by atoms with Crippen LogP contribution in [0.25, 0.3) is 0 Å². The van der Waals surface area contributed by atoms with Crippen molar-refractivity contribution in [3.8, 4) is 0 Å². The maximum absolute atomic E-state index is 13.6. The number of nitrogens with one attached hydrogen (secondary N) is 2. The maximum Gasteiger partial charge on any atom is 0.404 e. The lowest BCUT2D eigenvalue weighted by Gasteiger charge is -2.39. The minimum atomic E-state index is -0.995. The standard InChI is InChI=1S/C18H21N5O6/c1-7-12(22-4-10(22)20-6-24)15(26)11-8(5-29-17(19)27)18(28-2)16-9(21-16)3-23(18)13(11)14(7)25/h6,8-10,16,21H,3-5H2,1-2H3,(H2,19,27)(H,20,24).